The highest BCUT2D eigenvalue weighted by Crippen LogP contribution is 2.38. The number of carbonyl (C=O) groups is 1. The fourth-order valence-electron chi connectivity index (χ4n) is 3.90. The molecular weight excluding hydrogens is 295 g/mol. The molecule has 1 amide bonds. The van der Waals surface area contributed by atoms with E-state index in [2.05, 4.69) is 14.9 Å². The molecule has 2 aliphatic heterocycles. The maximum Gasteiger partial charge on any atom is 0.260 e. The van der Waals surface area contributed by atoms with E-state index in [0.29, 0.717) is 32.4 Å². The number of alkyl halides is 1. The Kier molecular flexibility index (Phi) is 3.70. The lowest BCUT2D eigenvalue weighted by Crippen LogP contribution is -2.51. The van der Waals surface area contributed by atoms with Gasteiger partial charge in [-0.15, -0.1) is 0 Å². The molecule has 3 heterocycles. The van der Waals surface area contributed by atoms with E-state index in [-0.39, 0.29) is 5.91 Å². The van der Waals surface area contributed by atoms with Crippen LogP contribution in [-0.2, 0) is 17.6 Å². The number of anilines is 1. The molecule has 1 saturated carbocycles. The van der Waals surface area contributed by atoms with Crippen LogP contribution in [0.5, 0.6) is 0 Å². The molecule has 1 saturated heterocycles. The van der Waals surface area contributed by atoms with Crippen LogP contribution in [0.15, 0.2) is 6.33 Å². The molecule has 0 atom stereocenters. The molecule has 1 aromatic heterocycles. The fraction of sp³-hybridized carbons (Fsp3) is 0.706. The van der Waals surface area contributed by atoms with Gasteiger partial charge in [0, 0.05) is 38.2 Å². The van der Waals surface area contributed by atoms with Gasteiger partial charge in [0.1, 0.15) is 12.1 Å². The van der Waals surface area contributed by atoms with Gasteiger partial charge in [-0.3, -0.25) is 4.79 Å². The number of halogens is 1. The summed E-state index contributed by atoms with van der Waals surface area (Å²) in [5, 5.41) is 0. The van der Waals surface area contributed by atoms with Crippen molar-refractivity contribution in [3.05, 3.63) is 17.6 Å². The van der Waals surface area contributed by atoms with Gasteiger partial charge in [-0.25, -0.2) is 14.4 Å². The van der Waals surface area contributed by atoms with Crippen molar-refractivity contribution in [3.8, 4) is 0 Å². The Balaban J connectivity index is 1.54. The highest BCUT2D eigenvalue weighted by atomic mass is 19.1. The van der Waals surface area contributed by atoms with Crippen molar-refractivity contribution in [3.63, 3.8) is 0 Å². The minimum absolute atomic E-state index is 0.313. The Bertz CT molecular complexity index is 611. The third-order valence-electron chi connectivity index (χ3n) is 5.48. The van der Waals surface area contributed by atoms with E-state index in [1.807, 2.05) is 0 Å². The van der Waals surface area contributed by atoms with Crippen LogP contribution in [0.3, 0.4) is 0 Å². The first-order chi connectivity index (χ1) is 11.2. The third kappa shape index (κ3) is 2.58. The average molecular weight is 318 g/mol. The average Bonchev–Trinajstić information content (AvgIpc) is 2.98. The van der Waals surface area contributed by atoms with Crippen LogP contribution in [0.1, 0.15) is 43.4 Å². The highest BCUT2D eigenvalue weighted by molar-refractivity contribution is 5.86. The summed E-state index contributed by atoms with van der Waals surface area (Å²) in [6, 6.07) is 0. The molecule has 0 unspecified atom stereocenters. The van der Waals surface area contributed by atoms with Gasteiger partial charge in [0.15, 0.2) is 5.67 Å². The number of nitrogens with zero attached hydrogens (tertiary/aromatic N) is 4. The number of amides is 1. The van der Waals surface area contributed by atoms with Crippen molar-refractivity contribution in [2.45, 2.75) is 50.6 Å². The van der Waals surface area contributed by atoms with Crippen molar-refractivity contribution in [1.29, 1.82) is 0 Å². The van der Waals surface area contributed by atoms with Gasteiger partial charge < -0.3 is 9.80 Å². The molecule has 1 aromatic rings. The molecule has 4 rings (SSSR count). The molecule has 0 radical (unpaired) electrons. The quantitative estimate of drug-likeness (QED) is 0.836. The summed E-state index contributed by atoms with van der Waals surface area (Å²) in [7, 11) is 0. The summed E-state index contributed by atoms with van der Waals surface area (Å²) in [5.74, 6) is 0.715. The minimum Gasteiger partial charge on any atom is -0.356 e. The zero-order valence-corrected chi connectivity index (χ0v) is 13.4. The smallest absolute Gasteiger partial charge is 0.260 e. The summed E-state index contributed by atoms with van der Waals surface area (Å²) < 4.78 is 14.4. The number of aromatic nitrogens is 2. The standard InChI is InChI=1S/C17H23FN4O/c18-17(6-3-7-17)16(23)22-10-4-13-14(5-11-22)19-12-20-15(13)21-8-1-2-9-21/h12H,1-11H2. The second-order valence-electron chi connectivity index (χ2n) is 6.93. The Morgan fingerprint density at radius 1 is 1.04 bits per heavy atom. The van der Waals surface area contributed by atoms with Crippen molar-refractivity contribution in [2.75, 3.05) is 31.1 Å². The topological polar surface area (TPSA) is 49.3 Å². The lowest BCUT2D eigenvalue weighted by Gasteiger charge is -2.36. The summed E-state index contributed by atoms with van der Waals surface area (Å²) >= 11 is 0. The molecular formula is C17H23FN4O. The van der Waals surface area contributed by atoms with E-state index in [1.165, 1.54) is 12.8 Å². The SMILES string of the molecule is O=C(N1CCc2ncnc(N3CCCC3)c2CC1)C1(F)CCC1. The first-order valence-corrected chi connectivity index (χ1v) is 8.73. The predicted molar refractivity (Wildman–Crippen MR) is 85.2 cm³/mol. The maximum absolute atomic E-state index is 14.4. The Hall–Kier alpha value is -1.72. The maximum atomic E-state index is 14.4. The van der Waals surface area contributed by atoms with Crippen LogP contribution in [0.25, 0.3) is 0 Å². The van der Waals surface area contributed by atoms with Crippen molar-refractivity contribution < 1.29 is 9.18 Å². The van der Waals surface area contributed by atoms with E-state index in [0.717, 1.165) is 43.0 Å². The van der Waals surface area contributed by atoms with Gasteiger partial charge in [-0.05, 0) is 38.5 Å². The number of hydrogen-bond acceptors (Lipinski definition) is 4. The van der Waals surface area contributed by atoms with Crippen LogP contribution in [0.2, 0.25) is 0 Å². The van der Waals surface area contributed by atoms with Crippen molar-refractivity contribution in [1.82, 2.24) is 14.9 Å². The van der Waals surface area contributed by atoms with Crippen LogP contribution in [0, 0.1) is 0 Å². The molecule has 0 N–H and O–H groups in total. The monoisotopic (exact) mass is 318 g/mol. The van der Waals surface area contributed by atoms with Gasteiger partial charge in [0.05, 0.1) is 5.69 Å². The number of carbonyl (C=O) groups excluding carboxylic acids is 1. The Morgan fingerprint density at radius 2 is 1.78 bits per heavy atom. The molecule has 0 bridgehead atoms. The van der Waals surface area contributed by atoms with Gasteiger partial charge >= 0.3 is 0 Å². The van der Waals surface area contributed by atoms with Crippen LogP contribution >= 0.6 is 0 Å². The first-order valence-electron chi connectivity index (χ1n) is 8.73. The van der Waals surface area contributed by atoms with Gasteiger partial charge in [0.25, 0.3) is 5.91 Å². The summed E-state index contributed by atoms with van der Waals surface area (Å²) in [5.41, 5.74) is 0.588. The van der Waals surface area contributed by atoms with Crippen LogP contribution in [-0.4, -0.2) is 52.6 Å². The van der Waals surface area contributed by atoms with Gasteiger partial charge in [-0.1, -0.05) is 0 Å². The Morgan fingerprint density at radius 3 is 2.48 bits per heavy atom. The molecule has 23 heavy (non-hydrogen) atoms. The van der Waals surface area contributed by atoms with E-state index in [1.54, 1.807) is 11.2 Å². The molecule has 0 aromatic carbocycles. The molecule has 1 aliphatic carbocycles. The van der Waals surface area contributed by atoms with E-state index in [9.17, 15) is 9.18 Å². The second-order valence-corrected chi connectivity index (χ2v) is 6.93. The molecule has 5 nitrogen and oxygen atoms in total. The highest BCUT2D eigenvalue weighted by Gasteiger charge is 2.47. The largest absolute Gasteiger partial charge is 0.356 e. The molecule has 2 fully saturated rings. The fourth-order valence-corrected chi connectivity index (χ4v) is 3.90. The molecule has 3 aliphatic rings. The second kappa shape index (κ2) is 5.73. The van der Waals surface area contributed by atoms with E-state index >= 15 is 0 Å². The summed E-state index contributed by atoms with van der Waals surface area (Å²) in [6.07, 6.45) is 7.04. The number of hydrogen-bond donors (Lipinski definition) is 0. The van der Waals surface area contributed by atoms with Crippen LogP contribution < -0.4 is 4.90 Å². The zero-order chi connectivity index (χ0) is 15.9. The number of fused-ring (bicyclic) bond motifs is 1. The minimum atomic E-state index is -1.60. The lowest BCUT2D eigenvalue weighted by atomic mass is 9.81. The number of rotatable bonds is 2. The summed E-state index contributed by atoms with van der Waals surface area (Å²) in [4.78, 5) is 25.4. The van der Waals surface area contributed by atoms with Crippen molar-refractivity contribution in [2.24, 2.45) is 0 Å². The van der Waals surface area contributed by atoms with E-state index in [4.69, 9.17) is 0 Å². The van der Waals surface area contributed by atoms with Gasteiger partial charge in [0.2, 0.25) is 0 Å². The third-order valence-corrected chi connectivity index (χ3v) is 5.48. The normalized spacial score (nSPS) is 23.2. The van der Waals surface area contributed by atoms with E-state index < -0.39 is 5.67 Å². The molecule has 0 spiro atoms. The van der Waals surface area contributed by atoms with Crippen molar-refractivity contribution >= 4 is 11.7 Å². The zero-order valence-electron chi connectivity index (χ0n) is 13.4. The first kappa shape index (κ1) is 14.8. The van der Waals surface area contributed by atoms with Crippen LogP contribution in [0.4, 0.5) is 10.2 Å². The summed E-state index contributed by atoms with van der Waals surface area (Å²) in [6.45, 7) is 3.22. The molecule has 6 heteroatoms. The Labute approximate surface area is 135 Å². The predicted octanol–water partition coefficient (Wildman–Crippen LogP) is 1.90. The molecule has 124 valence electrons. The lowest BCUT2D eigenvalue weighted by molar-refractivity contribution is -0.149. The van der Waals surface area contributed by atoms with Gasteiger partial charge in [-0.2, -0.15) is 0 Å².